The average molecular weight is 1050 g/mol. The van der Waals surface area contributed by atoms with E-state index in [4.69, 9.17) is 14.2 Å². The first-order valence-electron chi connectivity index (χ1n) is 32.1. The van der Waals surface area contributed by atoms with E-state index in [1.807, 2.05) is 6.08 Å². The molecule has 6 nitrogen and oxygen atoms in total. The molecule has 0 bridgehead atoms. The molecular formula is C69H120O6. The predicted octanol–water partition coefficient (Wildman–Crippen LogP) is 21.9. The molecule has 0 fully saturated rings. The van der Waals surface area contributed by atoms with Gasteiger partial charge in [0.25, 0.3) is 0 Å². The second-order valence-electron chi connectivity index (χ2n) is 21.3. The third-order valence-electron chi connectivity index (χ3n) is 13.9. The number of hydrogen-bond acceptors (Lipinski definition) is 6. The van der Waals surface area contributed by atoms with Crippen molar-refractivity contribution in [3.8, 4) is 0 Å². The van der Waals surface area contributed by atoms with Gasteiger partial charge in [0.1, 0.15) is 13.2 Å². The number of ether oxygens (including phenoxy) is 3. The van der Waals surface area contributed by atoms with Gasteiger partial charge in [0.05, 0.1) is 0 Å². The fraction of sp³-hybridized carbons (Fsp3) is 0.754. The Kier molecular flexibility index (Phi) is 60.3. The Labute approximate surface area is 465 Å². The molecule has 75 heavy (non-hydrogen) atoms. The van der Waals surface area contributed by atoms with E-state index in [0.29, 0.717) is 19.3 Å². The molecule has 0 aliphatic heterocycles. The van der Waals surface area contributed by atoms with E-state index in [1.54, 1.807) is 0 Å². The van der Waals surface area contributed by atoms with Gasteiger partial charge >= 0.3 is 17.9 Å². The van der Waals surface area contributed by atoms with E-state index in [1.165, 1.54) is 193 Å². The van der Waals surface area contributed by atoms with Crippen LogP contribution in [0.15, 0.2) is 85.1 Å². The maximum Gasteiger partial charge on any atom is 0.306 e. The van der Waals surface area contributed by atoms with Crippen LogP contribution in [0.3, 0.4) is 0 Å². The van der Waals surface area contributed by atoms with Crippen molar-refractivity contribution >= 4 is 17.9 Å². The molecule has 0 aromatic heterocycles. The molecule has 0 N–H and O–H groups in total. The van der Waals surface area contributed by atoms with Crippen LogP contribution in [0.1, 0.15) is 316 Å². The first kappa shape index (κ1) is 71.6. The first-order valence-corrected chi connectivity index (χ1v) is 32.1. The Hall–Kier alpha value is -3.41. The lowest BCUT2D eigenvalue weighted by atomic mass is 10.0. The van der Waals surface area contributed by atoms with Crippen LogP contribution in [0, 0.1) is 0 Å². The minimum atomic E-state index is -0.804. The van der Waals surface area contributed by atoms with Crippen LogP contribution in [0.5, 0.6) is 0 Å². The van der Waals surface area contributed by atoms with Crippen molar-refractivity contribution in [2.75, 3.05) is 13.2 Å². The number of hydrogen-bond donors (Lipinski definition) is 0. The van der Waals surface area contributed by atoms with E-state index >= 15 is 0 Å². The molecule has 1 unspecified atom stereocenters. The fourth-order valence-electron chi connectivity index (χ4n) is 9.11. The van der Waals surface area contributed by atoms with Gasteiger partial charge in [-0.1, -0.05) is 298 Å². The fourth-order valence-corrected chi connectivity index (χ4v) is 9.11. The second-order valence-corrected chi connectivity index (χ2v) is 21.3. The van der Waals surface area contributed by atoms with Crippen molar-refractivity contribution in [1.29, 1.82) is 0 Å². The van der Waals surface area contributed by atoms with Gasteiger partial charge in [0, 0.05) is 19.3 Å². The van der Waals surface area contributed by atoms with Gasteiger partial charge in [0.15, 0.2) is 6.10 Å². The summed E-state index contributed by atoms with van der Waals surface area (Å²) >= 11 is 0. The van der Waals surface area contributed by atoms with E-state index in [2.05, 4.69) is 99.8 Å². The molecule has 6 heteroatoms. The average Bonchev–Trinajstić information content (AvgIpc) is 3.41. The van der Waals surface area contributed by atoms with Crippen molar-refractivity contribution in [2.45, 2.75) is 322 Å². The van der Waals surface area contributed by atoms with Crippen LogP contribution in [0.25, 0.3) is 0 Å². The number of carbonyl (C=O) groups excluding carboxylic acids is 3. The normalized spacial score (nSPS) is 12.6. The highest BCUT2D eigenvalue weighted by Crippen LogP contribution is 2.17. The van der Waals surface area contributed by atoms with E-state index < -0.39 is 6.10 Å². The molecule has 0 rings (SSSR count). The lowest BCUT2D eigenvalue weighted by Gasteiger charge is -2.18. The van der Waals surface area contributed by atoms with Crippen molar-refractivity contribution in [3.05, 3.63) is 85.1 Å². The highest BCUT2D eigenvalue weighted by atomic mass is 16.6. The summed E-state index contributed by atoms with van der Waals surface area (Å²) < 4.78 is 16.8. The molecule has 0 aromatic rings. The van der Waals surface area contributed by atoms with Gasteiger partial charge in [-0.25, -0.2) is 0 Å². The van der Waals surface area contributed by atoms with Crippen LogP contribution in [0.2, 0.25) is 0 Å². The maximum atomic E-state index is 12.9. The van der Waals surface area contributed by atoms with Crippen molar-refractivity contribution in [3.63, 3.8) is 0 Å². The Bertz CT molecular complexity index is 1430. The van der Waals surface area contributed by atoms with E-state index in [0.717, 1.165) is 77.0 Å². The number of rotatable bonds is 58. The highest BCUT2D eigenvalue weighted by Gasteiger charge is 2.19. The van der Waals surface area contributed by atoms with Gasteiger partial charge in [-0.05, 0) is 83.5 Å². The Morgan fingerprint density at radius 2 is 0.547 bits per heavy atom. The largest absolute Gasteiger partial charge is 0.462 e. The Balaban J connectivity index is 4.25. The topological polar surface area (TPSA) is 78.9 Å². The lowest BCUT2D eigenvalue weighted by molar-refractivity contribution is -0.166. The predicted molar refractivity (Wildman–Crippen MR) is 325 cm³/mol. The SMILES string of the molecule is CC/C=C\C/C=C\C/C=C\C/C=C\CCC(=O)OCC(COC(=O)CCCCCCCCCCCCCCCC/C=C\C/C=C\C/C=C\CCCCCCC)OC(=O)CCCCCCCCCCCCCCCCC. The standard InChI is InChI=1S/C69H120O6/c1-4-7-10-13-16-19-22-25-27-28-29-30-31-32-33-34-35-36-37-38-39-40-42-44-47-50-53-56-59-62-68(71)74-65-66(64-73-67(70)61-58-55-52-49-46-43-24-21-18-15-12-9-6-3)75-69(72)63-60-57-54-51-48-45-41-26-23-20-17-14-11-8-5-2/h9,12,18,21-22,25,28-29,31-32,43,46,52,55,66H,4-8,10-11,13-17,19-20,23-24,26-27,30,33-42,44-45,47-51,53-54,56-65H2,1-3H3/b12-9-,21-18-,25-22-,29-28-,32-31-,46-43-,55-52-. The van der Waals surface area contributed by atoms with Crippen molar-refractivity contribution < 1.29 is 28.6 Å². The zero-order chi connectivity index (χ0) is 54.3. The summed E-state index contributed by atoms with van der Waals surface area (Å²) in [7, 11) is 0. The zero-order valence-electron chi connectivity index (χ0n) is 49.6. The summed E-state index contributed by atoms with van der Waals surface area (Å²) in [5.41, 5.74) is 0. The smallest absolute Gasteiger partial charge is 0.306 e. The van der Waals surface area contributed by atoms with Gasteiger partial charge in [0.2, 0.25) is 0 Å². The molecule has 0 saturated heterocycles. The Morgan fingerprint density at radius 1 is 0.280 bits per heavy atom. The molecule has 1 atom stereocenters. The van der Waals surface area contributed by atoms with Gasteiger partial charge in [-0.15, -0.1) is 0 Å². The molecule has 432 valence electrons. The summed E-state index contributed by atoms with van der Waals surface area (Å²) in [4.78, 5) is 38.2. The Morgan fingerprint density at radius 3 is 0.893 bits per heavy atom. The second kappa shape index (κ2) is 63.1. The maximum absolute atomic E-state index is 12.9. The van der Waals surface area contributed by atoms with Crippen LogP contribution in [0.4, 0.5) is 0 Å². The van der Waals surface area contributed by atoms with Crippen LogP contribution in [-0.4, -0.2) is 37.2 Å². The summed E-state index contributed by atoms with van der Waals surface area (Å²) in [6, 6.07) is 0. The minimum Gasteiger partial charge on any atom is -0.462 e. The quantitative estimate of drug-likeness (QED) is 0.0261. The van der Waals surface area contributed by atoms with Crippen LogP contribution < -0.4 is 0 Å². The van der Waals surface area contributed by atoms with Gasteiger partial charge in [-0.2, -0.15) is 0 Å². The summed E-state index contributed by atoms with van der Waals surface area (Å²) in [6.07, 6.45) is 83.3. The molecule has 0 heterocycles. The van der Waals surface area contributed by atoms with Crippen molar-refractivity contribution in [1.82, 2.24) is 0 Å². The molecule has 0 aromatic carbocycles. The number of unbranched alkanes of at least 4 members (excludes halogenated alkanes) is 33. The summed E-state index contributed by atoms with van der Waals surface area (Å²) in [5.74, 6) is -0.969. The van der Waals surface area contributed by atoms with Gasteiger partial charge < -0.3 is 14.2 Å². The molecule has 0 amide bonds. The lowest BCUT2D eigenvalue weighted by Crippen LogP contribution is -2.30. The molecule has 0 spiro atoms. The summed E-state index contributed by atoms with van der Waals surface area (Å²) in [5, 5.41) is 0. The van der Waals surface area contributed by atoms with Crippen molar-refractivity contribution in [2.24, 2.45) is 0 Å². The summed E-state index contributed by atoms with van der Waals surface area (Å²) in [6.45, 7) is 6.48. The number of allylic oxidation sites excluding steroid dienone is 14. The van der Waals surface area contributed by atoms with Crippen LogP contribution >= 0.6 is 0 Å². The molecule has 0 aliphatic rings. The molecule has 0 aliphatic carbocycles. The minimum absolute atomic E-state index is 0.0958. The van der Waals surface area contributed by atoms with E-state index in [9.17, 15) is 14.4 Å². The molecule has 0 radical (unpaired) electrons. The highest BCUT2D eigenvalue weighted by molar-refractivity contribution is 5.71. The zero-order valence-corrected chi connectivity index (χ0v) is 49.6. The monoisotopic (exact) mass is 1040 g/mol. The molecule has 0 saturated carbocycles. The number of carbonyl (C=O) groups is 3. The van der Waals surface area contributed by atoms with E-state index in [-0.39, 0.29) is 37.5 Å². The number of esters is 3. The first-order chi connectivity index (χ1) is 37.0. The van der Waals surface area contributed by atoms with Gasteiger partial charge in [-0.3, -0.25) is 14.4 Å². The third kappa shape index (κ3) is 61.3. The third-order valence-corrected chi connectivity index (χ3v) is 13.9. The van der Waals surface area contributed by atoms with Crippen LogP contribution in [-0.2, 0) is 28.6 Å². The molecular weight excluding hydrogens is 925 g/mol.